The zero-order valence-electron chi connectivity index (χ0n) is 12.1. The first-order chi connectivity index (χ1) is 9.70. The second kappa shape index (κ2) is 3.77. The standard InChI is InChI=1S/C16H24N4/c17-15-18-14-2-1-13(9-20(14)19-15)16-6-10-3-11(7-16)5-12(4-10)8-16/h10-13H,1-9H2,(H2,17,19). The minimum atomic E-state index is 0.464. The van der Waals surface area contributed by atoms with Gasteiger partial charge in [0.05, 0.1) is 0 Å². The van der Waals surface area contributed by atoms with Crippen molar-refractivity contribution in [1.29, 1.82) is 0 Å². The maximum Gasteiger partial charge on any atom is 0.239 e. The van der Waals surface area contributed by atoms with E-state index in [0.717, 1.165) is 42.5 Å². The number of hydrogen-bond acceptors (Lipinski definition) is 3. The van der Waals surface area contributed by atoms with E-state index in [1.54, 1.807) is 0 Å². The highest BCUT2D eigenvalue weighted by Gasteiger charge is 2.54. The number of aryl methyl sites for hydroxylation is 1. The molecule has 1 aromatic rings. The van der Waals surface area contributed by atoms with Gasteiger partial charge in [0.25, 0.3) is 0 Å². The van der Waals surface area contributed by atoms with Gasteiger partial charge in [-0.3, -0.25) is 0 Å². The summed E-state index contributed by atoms with van der Waals surface area (Å²) in [6.07, 6.45) is 11.5. The molecule has 0 saturated heterocycles. The van der Waals surface area contributed by atoms with Gasteiger partial charge in [0.15, 0.2) is 0 Å². The van der Waals surface area contributed by atoms with Crippen LogP contribution in [0.5, 0.6) is 0 Å². The van der Waals surface area contributed by atoms with Crippen LogP contribution in [0.1, 0.15) is 50.8 Å². The molecule has 0 aromatic carbocycles. The Morgan fingerprint density at radius 1 is 1.05 bits per heavy atom. The predicted octanol–water partition coefficient (Wildman–Crippen LogP) is 2.64. The van der Waals surface area contributed by atoms with Gasteiger partial charge in [-0.05, 0) is 74.0 Å². The van der Waals surface area contributed by atoms with Gasteiger partial charge in [-0.25, -0.2) is 4.68 Å². The Morgan fingerprint density at radius 2 is 1.70 bits per heavy atom. The minimum Gasteiger partial charge on any atom is -0.366 e. The number of nitrogen functional groups attached to an aromatic ring is 1. The Labute approximate surface area is 120 Å². The van der Waals surface area contributed by atoms with Gasteiger partial charge in [0, 0.05) is 13.0 Å². The molecular weight excluding hydrogens is 248 g/mol. The second-order valence-corrected chi connectivity index (χ2v) is 8.08. The number of fused-ring (bicyclic) bond motifs is 1. The van der Waals surface area contributed by atoms with Crippen LogP contribution < -0.4 is 5.73 Å². The third-order valence-electron chi connectivity index (χ3n) is 6.83. The number of nitrogens with two attached hydrogens (primary N) is 1. The van der Waals surface area contributed by atoms with E-state index >= 15 is 0 Å². The molecule has 4 fully saturated rings. The minimum absolute atomic E-state index is 0.464. The van der Waals surface area contributed by atoms with Crippen molar-refractivity contribution >= 4 is 5.95 Å². The fraction of sp³-hybridized carbons (Fsp3) is 0.875. The summed E-state index contributed by atoms with van der Waals surface area (Å²) in [7, 11) is 0. The van der Waals surface area contributed by atoms with Crippen LogP contribution in [-0.4, -0.2) is 14.8 Å². The molecule has 4 saturated carbocycles. The Hall–Kier alpha value is -1.06. The average Bonchev–Trinajstić information content (AvgIpc) is 2.76. The summed E-state index contributed by atoms with van der Waals surface area (Å²) in [6.45, 7) is 1.08. The maximum atomic E-state index is 5.77. The molecule has 4 aliphatic carbocycles. The molecule has 4 heteroatoms. The van der Waals surface area contributed by atoms with Gasteiger partial charge in [-0.1, -0.05) is 0 Å². The van der Waals surface area contributed by atoms with E-state index < -0.39 is 0 Å². The Kier molecular flexibility index (Phi) is 2.19. The van der Waals surface area contributed by atoms with E-state index in [2.05, 4.69) is 14.8 Å². The third kappa shape index (κ3) is 1.54. The summed E-state index contributed by atoms with van der Waals surface area (Å²) in [5.41, 5.74) is 6.41. The lowest BCUT2D eigenvalue weighted by Gasteiger charge is -2.60. The van der Waals surface area contributed by atoms with Crippen molar-refractivity contribution < 1.29 is 0 Å². The predicted molar refractivity (Wildman–Crippen MR) is 76.9 cm³/mol. The Balaban J connectivity index is 1.46. The van der Waals surface area contributed by atoms with Crippen molar-refractivity contribution in [2.45, 2.75) is 57.9 Å². The smallest absolute Gasteiger partial charge is 0.239 e. The summed E-state index contributed by atoms with van der Waals surface area (Å²) in [6, 6.07) is 0. The zero-order valence-corrected chi connectivity index (χ0v) is 12.1. The molecule has 0 spiro atoms. The molecule has 1 aromatic heterocycles. The first-order valence-corrected chi connectivity index (χ1v) is 8.39. The van der Waals surface area contributed by atoms with Gasteiger partial charge >= 0.3 is 0 Å². The topological polar surface area (TPSA) is 56.7 Å². The molecule has 20 heavy (non-hydrogen) atoms. The van der Waals surface area contributed by atoms with Crippen molar-refractivity contribution in [1.82, 2.24) is 14.8 Å². The summed E-state index contributed by atoms with van der Waals surface area (Å²) in [5.74, 6) is 5.54. The quantitative estimate of drug-likeness (QED) is 0.855. The summed E-state index contributed by atoms with van der Waals surface area (Å²) in [5, 5.41) is 4.41. The van der Waals surface area contributed by atoms with Crippen molar-refractivity contribution in [2.75, 3.05) is 5.73 Å². The summed E-state index contributed by atoms with van der Waals surface area (Å²) in [4.78, 5) is 4.36. The van der Waals surface area contributed by atoms with E-state index in [0.29, 0.717) is 11.4 Å². The number of nitrogens with zero attached hydrogens (tertiary/aromatic N) is 3. The molecular formula is C16H24N4. The van der Waals surface area contributed by atoms with Crippen LogP contribution >= 0.6 is 0 Å². The average molecular weight is 272 g/mol. The molecule has 1 aliphatic heterocycles. The first-order valence-electron chi connectivity index (χ1n) is 8.39. The van der Waals surface area contributed by atoms with Gasteiger partial charge in [-0.15, -0.1) is 5.10 Å². The lowest BCUT2D eigenvalue weighted by Crippen LogP contribution is -2.51. The van der Waals surface area contributed by atoms with Crippen molar-refractivity contribution in [2.24, 2.45) is 29.1 Å². The van der Waals surface area contributed by atoms with Crippen LogP contribution in [0.15, 0.2) is 0 Å². The molecule has 5 aliphatic rings. The van der Waals surface area contributed by atoms with Gasteiger partial charge in [0.2, 0.25) is 5.95 Å². The van der Waals surface area contributed by atoms with Crippen molar-refractivity contribution in [3.8, 4) is 0 Å². The van der Waals surface area contributed by atoms with Crippen LogP contribution in [0, 0.1) is 29.1 Å². The monoisotopic (exact) mass is 272 g/mol. The first kappa shape index (κ1) is 11.6. The highest BCUT2D eigenvalue weighted by molar-refractivity contribution is 5.16. The number of hydrogen-bond donors (Lipinski definition) is 1. The molecule has 0 amide bonds. The van der Waals surface area contributed by atoms with Gasteiger partial charge < -0.3 is 5.73 Å². The van der Waals surface area contributed by atoms with E-state index in [1.807, 2.05) is 0 Å². The molecule has 4 nitrogen and oxygen atoms in total. The number of rotatable bonds is 1. The number of aromatic nitrogens is 3. The molecule has 0 radical (unpaired) electrons. The number of anilines is 1. The zero-order chi connectivity index (χ0) is 13.3. The molecule has 4 bridgehead atoms. The van der Waals surface area contributed by atoms with Crippen LogP contribution in [0.2, 0.25) is 0 Å². The molecule has 1 unspecified atom stereocenters. The highest BCUT2D eigenvalue weighted by atomic mass is 15.4. The van der Waals surface area contributed by atoms with Crippen LogP contribution in [0.25, 0.3) is 0 Å². The van der Waals surface area contributed by atoms with Crippen molar-refractivity contribution in [3.05, 3.63) is 5.82 Å². The lowest BCUT2D eigenvalue weighted by atomic mass is 9.46. The third-order valence-corrected chi connectivity index (χ3v) is 6.83. The summed E-state index contributed by atoms with van der Waals surface area (Å²) >= 11 is 0. The van der Waals surface area contributed by atoms with E-state index in [4.69, 9.17) is 5.73 Å². The Bertz CT molecular complexity index is 511. The van der Waals surface area contributed by atoms with Crippen LogP contribution in [0.4, 0.5) is 5.95 Å². The molecule has 2 N–H and O–H groups in total. The second-order valence-electron chi connectivity index (χ2n) is 8.08. The fourth-order valence-corrected chi connectivity index (χ4v) is 6.51. The van der Waals surface area contributed by atoms with Crippen LogP contribution in [0.3, 0.4) is 0 Å². The normalized spacial score (nSPS) is 45.6. The van der Waals surface area contributed by atoms with E-state index in [1.165, 1.54) is 44.9 Å². The lowest BCUT2D eigenvalue weighted by molar-refractivity contribution is -0.0960. The SMILES string of the molecule is Nc1nc2n(n1)CC(C13CC4CC(CC(C4)C1)C3)CC2. The van der Waals surface area contributed by atoms with Gasteiger partial charge in [0.1, 0.15) is 5.82 Å². The molecule has 1 atom stereocenters. The Morgan fingerprint density at radius 3 is 2.35 bits per heavy atom. The highest BCUT2D eigenvalue weighted by Crippen LogP contribution is 2.63. The molecule has 2 heterocycles. The van der Waals surface area contributed by atoms with E-state index in [9.17, 15) is 0 Å². The van der Waals surface area contributed by atoms with E-state index in [-0.39, 0.29) is 0 Å². The maximum absolute atomic E-state index is 5.77. The van der Waals surface area contributed by atoms with Crippen molar-refractivity contribution in [3.63, 3.8) is 0 Å². The fourth-order valence-electron chi connectivity index (χ4n) is 6.51. The summed E-state index contributed by atoms with van der Waals surface area (Å²) < 4.78 is 2.11. The van der Waals surface area contributed by atoms with Gasteiger partial charge in [-0.2, -0.15) is 4.98 Å². The molecule has 6 rings (SSSR count). The van der Waals surface area contributed by atoms with Crippen LogP contribution in [-0.2, 0) is 13.0 Å². The largest absolute Gasteiger partial charge is 0.366 e. The molecule has 108 valence electrons.